The second-order valence-corrected chi connectivity index (χ2v) is 7.74. The van der Waals surface area contributed by atoms with Gasteiger partial charge in [-0.25, -0.2) is 0 Å². The zero-order valence-electron chi connectivity index (χ0n) is 13.5. The minimum absolute atomic E-state index is 0.198. The Labute approximate surface area is 145 Å². The molecule has 2 heterocycles. The van der Waals surface area contributed by atoms with Gasteiger partial charge in [0.15, 0.2) is 0 Å². The first-order chi connectivity index (χ1) is 11.0. The van der Waals surface area contributed by atoms with Crippen LogP contribution in [-0.2, 0) is 6.42 Å². The highest BCUT2D eigenvalue weighted by Gasteiger charge is 2.42. The number of hydrogen-bond acceptors (Lipinski definition) is 1. The standard InChI is InChI=1S/C20H20BrNO/c1-12-3-4-13(2)17(9-12)20(23)22-16-7-8-19(22)18-11-15(21)6-5-14(18)10-16/h3-6,9,11,16,19H,7-8,10H2,1-2H3. The molecule has 2 aromatic carbocycles. The third-order valence-electron chi connectivity index (χ3n) is 5.28. The van der Waals surface area contributed by atoms with Gasteiger partial charge in [0.05, 0.1) is 6.04 Å². The van der Waals surface area contributed by atoms with Crippen molar-refractivity contribution in [2.24, 2.45) is 0 Å². The van der Waals surface area contributed by atoms with Crippen molar-refractivity contribution in [1.82, 2.24) is 4.90 Å². The topological polar surface area (TPSA) is 20.3 Å². The van der Waals surface area contributed by atoms with E-state index in [-0.39, 0.29) is 11.9 Å². The summed E-state index contributed by atoms with van der Waals surface area (Å²) in [4.78, 5) is 15.4. The van der Waals surface area contributed by atoms with Crippen LogP contribution in [0.15, 0.2) is 40.9 Å². The lowest BCUT2D eigenvalue weighted by Crippen LogP contribution is -2.42. The van der Waals surface area contributed by atoms with Gasteiger partial charge in [0.25, 0.3) is 5.91 Å². The summed E-state index contributed by atoms with van der Waals surface area (Å²) in [5.41, 5.74) is 5.81. The number of nitrogens with zero attached hydrogens (tertiary/aromatic N) is 1. The normalized spacial score (nSPS) is 22.1. The zero-order valence-corrected chi connectivity index (χ0v) is 15.1. The molecule has 0 aromatic heterocycles. The Hall–Kier alpha value is -1.61. The zero-order chi connectivity index (χ0) is 16.1. The number of aryl methyl sites for hydroxylation is 2. The number of rotatable bonds is 1. The van der Waals surface area contributed by atoms with Gasteiger partial charge >= 0.3 is 0 Å². The van der Waals surface area contributed by atoms with E-state index in [1.165, 1.54) is 11.1 Å². The van der Waals surface area contributed by atoms with Crippen molar-refractivity contribution in [3.05, 3.63) is 68.7 Å². The van der Waals surface area contributed by atoms with Crippen LogP contribution in [0.25, 0.3) is 0 Å². The van der Waals surface area contributed by atoms with Crippen molar-refractivity contribution in [1.29, 1.82) is 0 Å². The van der Waals surface area contributed by atoms with Crippen LogP contribution in [0.5, 0.6) is 0 Å². The van der Waals surface area contributed by atoms with Gasteiger partial charge in [0, 0.05) is 16.1 Å². The van der Waals surface area contributed by atoms with Gasteiger partial charge in [0.2, 0.25) is 0 Å². The molecule has 23 heavy (non-hydrogen) atoms. The quantitative estimate of drug-likeness (QED) is 0.694. The molecule has 0 N–H and O–H groups in total. The van der Waals surface area contributed by atoms with E-state index in [4.69, 9.17) is 0 Å². The van der Waals surface area contributed by atoms with E-state index in [0.717, 1.165) is 40.4 Å². The van der Waals surface area contributed by atoms with Gasteiger partial charge in [-0.3, -0.25) is 4.79 Å². The van der Waals surface area contributed by atoms with Crippen molar-refractivity contribution < 1.29 is 4.79 Å². The van der Waals surface area contributed by atoms with Crippen molar-refractivity contribution in [2.45, 2.75) is 45.2 Å². The lowest BCUT2D eigenvalue weighted by molar-refractivity contribution is 0.0645. The molecule has 0 aliphatic carbocycles. The molecule has 2 aromatic rings. The number of fused-ring (bicyclic) bond motifs is 4. The van der Waals surface area contributed by atoms with Gasteiger partial charge < -0.3 is 4.90 Å². The van der Waals surface area contributed by atoms with E-state index in [2.05, 4.69) is 51.2 Å². The van der Waals surface area contributed by atoms with Crippen molar-refractivity contribution >= 4 is 21.8 Å². The van der Waals surface area contributed by atoms with E-state index in [0.29, 0.717) is 6.04 Å². The first-order valence-corrected chi connectivity index (χ1v) is 9.02. The first kappa shape index (κ1) is 14.9. The summed E-state index contributed by atoms with van der Waals surface area (Å²) in [5.74, 6) is 0.198. The minimum Gasteiger partial charge on any atom is -0.328 e. The smallest absolute Gasteiger partial charge is 0.254 e. The Bertz CT molecular complexity index is 798. The fourth-order valence-corrected chi connectivity index (χ4v) is 4.50. The van der Waals surface area contributed by atoms with Crippen LogP contribution in [0.2, 0.25) is 0 Å². The lowest BCUT2D eigenvalue weighted by Gasteiger charge is -2.37. The highest BCUT2D eigenvalue weighted by atomic mass is 79.9. The van der Waals surface area contributed by atoms with Crippen LogP contribution in [0.1, 0.15) is 51.5 Å². The molecule has 0 radical (unpaired) electrons. The predicted molar refractivity (Wildman–Crippen MR) is 95.7 cm³/mol. The van der Waals surface area contributed by atoms with Gasteiger partial charge in [0.1, 0.15) is 0 Å². The molecular weight excluding hydrogens is 350 g/mol. The van der Waals surface area contributed by atoms with Crippen LogP contribution in [0, 0.1) is 13.8 Å². The fourth-order valence-electron chi connectivity index (χ4n) is 4.12. The predicted octanol–water partition coefficient (Wildman–Crippen LogP) is 4.97. The number of benzene rings is 2. The highest BCUT2D eigenvalue weighted by molar-refractivity contribution is 9.10. The Morgan fingerprint density at radius 3 is 2.78 bits per heavy atom. The van der Waals surface area contributed by atoms with Gasteiger partial charge in [-0.1, -0.05) is 39.7 Å². The van der Waals surface area contributed by atoms with E-state index in [1.807, 2.05) is 19.9 Å². The second-order valence-electron chi connectivity index (χ2n) is 6.83. The number of amides is 1. The Kier molecular flexibility index (Phi) is 3.56. The fraction of sp³-hybridized carbons (Fsp3) is 0.350. The molecule has 2 aliphatic heterocycles. The number of hydrogen-bond donors (Lipinski definition) is 0. The maximum atomic E-state index is 13.2. The molecule has 1 saturated heterocycles. The minimum atomic E-state index is 0.198. The van der Waals surface area contributed by atoms with Crippen LogP contribution < -0.4 is 0 Å². The average molecular weight is 370 g/mol. The Balaban J connectivity index is 1.76. The molecule has 2 bridgehead atoms. The summed E-state index contributed by atoms with van der Waals surface area (Å²) in [7, 11) is 0. The molecule has 2 aliphatic rings. The van der Waals surface area contributed by atoms with E-state index < -0.39 is 0 Å². The summed E-state index contributed by atoms with van der Waals surface area (Å²) < 4.78 is 1.10. The van der Waals surface area contributed by atoms with Gasteiger partial charge in [-0.05, 0) is 68.0 Å². The molecule has 0 saturated carbocycles. The molecule has 4 rings (SSSR count). The molecule has 0 spiro atoms. The molecule has 3 heteroatoms. The summed E-state index contributed by atoms with van der Waals surface area (Å²) in [6.07, 6.45) is 3.16. The number of carbonyl (C=O) groups excluding carboxylic acids is 1. The second kappa shape index (κ2) is 5.48. The largest absolute Gasteiger partial charge is 0.328 e. The molecule has 118 valence electrons. The molecule has 2 unspecified atom stereocenters. The summed E-state index contributed by atoms with van der Waals surface area (Å²) >= 11 is 3.58. The van der Waals surface area contributed by atoms with Crippen molar-refractivity contribution in [2.75, 3.05) is 0 Å². The lowest BCUT2D eigenvalue weighted by atomic mass is 9.92. The highest BCUT2D eigenvalue weighted by Crippen LogP contribution is 2.45. The Morgan fingerprint density at radius 2 is 1.96 bits per heavy atom. The van der Waals surface area contributed by atoms with Crippen LogP contribution in [-0.4, -0.2) is 16.8 Å². The van der Waals surface area contributed by atoms with E-state index in [1.54, 1.807) is 0 Å². The maximum absolute atomic E-state index is 13.2. The monoisotopic (exact) mass is 369 g/mol. The molecular formula is C20H20BrNO. The van der Waals surface area contributed by atoms with Crippen LogP contribution in [0.4, 0.5) is 0 Å². The SMILES string of the molecule is Cc1ccc(C)c(C(=O)N2C3CCC2c2cc(Br)ccc2C3)c1. The maximum Gasteiger partial charge on any atom is 0.254 e. The van der Waals surface area contributed by atoms with Gasteiger partial charge in [-0.15, -0.1) is 0 Å². The van der Waals surface area contributed by atoms with Crippen molar-refractivity contribution in [3.63, 3.8) is 0 Å². The van der Waals surface area contributed by atoms with Crippen LogP contribution >= 0.6 is 15.9 Å². The average Bonchev–Trinajstić information content (AvgIpc) is 2.85. The van der Waals surface area contributed by atoms with E-state index in [9.17, 15) is 4.79 Å². The molecule has 2 nitrogen and oxygen atoms in total. The summed E-state index contributed by atoms with van der Waals surface area (Å²) in [6, 6.07) is 13.3. The summed E-state index contributed by atoms with van der Waals surface area (Å²) in [5, 5.41) is 0. The third kappa shape index (κ3) is 2.42. The first-order valence-electron chi connectivity index (χ1n) is 8.23. The molecule has 1 fully saturated rings. The number of halogens is 1. The van der Waals surface area contributed by atoms with E-state index >= 15 is 0 Å². The third-order valence-corrected chi connectivity index (χ3v) is 5.78. The molecule has 2 atom stereocenters. The van der Waals surface area contributed by atoms with Crippen molar-refractivity contribution in [3.8, 4) is 0 Å². The number of carbonyl (C=O) groups is 1. The van der Waals surface area contributed by atoms with Crippen LogP contribution in [0.3, 0.4) is 0 Å². The molecule has 1 amide bonds. The Morgan fingerprint density at radius 1 is 1.13 bits per heavy atom. The van der Waals surface area contributed by atoms with Gasteiger partial charge in [-0.2, -0.15) is 0 Å². The summed E-state index contributed by atoms with van der Waals surface area (Å²) in [6.45, 7) is 4.08.